The third-order valence-electron chi connectivity index (χ3n) is 4.16. The van der Waals surface area contributed by atoms with E-state index >= 15 is 0 Å². The largest absolute Gasteiger partial charge is 0.420 e. The van der Waals surface area contributed by atoms with Gasteiger partial charge in [-0.3, -0.25) is 9.59 Å². The van der Waals surface area contributed by atoms with Crippen LogP contribution in [0.1, 0.15) is 42.4 Å². The molecule has 7 nitrogen and oxygen atoms in total. The van der Waals surface area contributed by atoms with E-state index in [4.69, 9.17) is 5.73 Å². The van der Waals surface area contributed by atoms with Crippen LogP contribution < -0.4 is 11.1 Å². The molecule has 0 aliphatic rings. The Morgan fingerprint density at radius 2 is 1.97 bits per heavy atom. The van der Waals surface area contributed by atoms with Crippen LogP contribution in [0.25, 0.3) is 11.2 Å². The minimum Gasteiger partial charge on any atom is -0.391 e. The first kappa shape index (κ1) is 22.2. The Morgan fingerprint density at radius 1 is 1.31 bits per heavy atom. The van der Waals surface area contributed by atoms with E-state index in [9.17, 15) is 27.9 Å². The predicted molar refractivity (Wildman–Crippen MR) is 101 cm³/mol. The minimum atomic E-state index is -4.71. The molecule has 2 unspecified atom stereocenters. The summed E-state index contributed by atoms with van der Waals surface area (Å²) in [6.45, 7) is 4.68. The van der Waals surface area contributed by atoms with Crippen molar-refractivity contribution >= 4 is 23.0 Å². The summed E-state index contributed by atoms with van der Waals surface area (Å²) in [5, 5.41) is 11.7. The quantitative estimate of drug-likeness (QED) is 0.635. The Hall–Kier alpha value is -3.14. The van der Waals surface area contributed by atoms with E-state index in [1.165, 1.54) is 13.1 Å². The average Bonchev–Trinajstić information content (AvgIpc) is 3.05. The molecule has 0 fully saturated rings. The number of nitrogens with one attached hydrogen (secondary N) is 1. The molecule has 2 amide bonds. The van der Waals surface area contributed by atoms with E-state index in [0.717, 1.165) is 16.7 Å². The standard InChI is InChI=1S/C19H21F3N4O3/c1-4-6-11(5-2)12-7-13(19(20,21)22)17-24-14(9-26(17)8-12)18(29)25-15(10(3)27)16(23)28/h4-10,15,27H,1-3H3,(H2,23,28)(H,25,29)/b6-4-,11-5+. The highest BCUT2D eigenvalue weighted by atomic mass is 19.4. The number of nitrogens with two attached hydrogens (primary N) is 1. The van der Waals surface area contributed by atoms with E-state index in [1.54, 1.807) is 32.1 Å². The smallest absolute Gasteiger partial charge is 0.391 e. The van der Waals surface area contributed by atoms with Crippen molar-refractivity contribution in [1.82, 2.24) is 14.7 Å². The lowest BCUT2D eigenvalue weighted by atomic mass is 10.0. The number of alkyl halides is 3. The molecule has 0 bridgehead atoms. The predicted octanol–water partition coefficient (Wildman–Crippen LogP) is 2.30. The van der Waals surface area contributed by atoms with Gasteiger partial charge in [-0.1, -0.05) is 18.2 Å². The molecule has 156 valence electrons. The van der Waals surface area contributed by atoms with Gasteiger partial charge in [0.1, 0.15) is 17.4 Å². The van der Waals surface area contributed by atoms with Crippen LogP contribution in [0.2, 0.25) is 0 Å². The second-order valence-electron chi connectivity index (χ2n) is 6.34. The number of imidazole rings is 1. The lowest BCUT2D eigenvalue weighted by Gasteiger charge is -2.17. The summed E-state index contributed by atoms with van der Waals surface area (Å²) in [4.78, 5) is 27.5. The van der Waals surface area contributed by atoms with Gasteiger partial charge in [-0.15, -0.1) is 0 Å². The fourth-order valence-electron chi connectivity index (χ4n) is 2.76. The average molecular weight is 410 g/mol. The van der Waals surface area contributed by atoms with E-state index in [2.05, 4.69) is 10.3 Å². The molecule has 0 radical (unpaired) electrons. The van der Waals surface area contributed by atoms with Crippen LogP contribution in [0.3, 0.4) is 0 Å². The number of carbonyl (C=O) groups excluding carboxylic acids is 2. The van der Waals surface area contributed by atoms with Gasteiger partial charge in [0, 0.05) is 12.4 Å². The van der Waals surface area contributed by atoms with Crippen molar-refractivity contribution in [2.45, 2.75) is 39.1 Å². The molecular weight excluding hydrogens is 389 g/mol. The molecule has 0 saturated carbocycles. The Kier molecular flexibility index (Phi) is 6.48. The Bertz CT molecular complexity index is 990. The van der Waals surface area contributed by atoms with Gasteiger partial charge in [0.25, 0.3) is 5.91 Å². The highest BCUT2D eigenvalue weighted by Crippen LogP contribution is 2.34. The van der Waals surface area contributed by atoms with Gasteiger partial charge in [-0.05, 0) is 38.0 Å². The van der Waals surface area contributed by atoms with Crippen molar-refractivity contribution in [3.8, 4) is 0 Å². The number of aromatic nitrogens is 2. The number of carbonyl (C=O) groups is 2. The molecule has 2 atom stereocenters. The molecule has 0 aliphatic heterocycles. The summed E-state index contributed by atoms with van der Waals surface area (Å²) in [7, 11) is 0. The highest BCUT2D eigenvalue weighted by Gasteiger charge is 2.35. The van der Waals surface area contributed by atoms with E-state index in [-0.39, 0.29) is 11.3 Å². The number of allylic oxidation sites excluding steroid dienone is 4. The molecule has 2 aromatic rings. The van der Waals surface area contributed by atoms with Gasteiger partial charge in [0.15, 0.2) is 0 Å². The number of fused-ring (bicyclic) bond motifs is 1. The fourth-order valence-corrected chi connectivity index (χ4v) is 2.76. The van der Waals surface area contributed by atoms with Crippen LogP contribution in [0.5, 0.6) is 0 Å². The lowest BCUT2D eigenvalue weighted by molar-refractivity contribution is -0.136. The summed E-state index contributed by atoms with van der Waals surface area (Å²) < 4.78 is 41.9. The molecule has 0 aliphatic carbocycles. The zero-order valence-corrected chi connectivity index (χ0v) is 16.0. The topological polar surface area (TPSA) is 110 Å². The fraction of sp³-hybridized carbons (Fsp3) is 0.316. The first-order valence-corrected chi connectivity index (χ1v) is 8.67. The second-order valence-corrected chi connectivity index (χ2v) is 6.34. The zero-order valence-electron chi connectivity index (χ0n) is 16.0. The molecule has 10 heteroatoms. The number of aliphatic hydroxyl groups is 1. The highest BCUT2D eigenvalue weighted by molar-refractivity contribution is 5.96. The number of amides is 2. The normalized spacial score (nSPS) is 14.9. The van der Waals surface area contributed by atoms with E-state index < -0.39 is 41.3 Å². The minimum absolute atomic E-state index is 0.286. The van der Waals surface area contributed by atoms with E-state index in [1.807, 2.05) is 0 Å². The van der Waals surface area contributed by atoms with E-state index in [0.29, 0.717) is 5.57 Å². The second kappa shape index (κ2) is 8.48. The lowest BCUT2D eigenvalue weighted by Crippen LogP contribution is -2.50. The van der Waals surface area contributed by atoms with Crippen LogP contribution >= 0.6 is 0 Å². The number of rotatable bonds is 6. The Labute approximate surface area is 164 Å². The summed E-state index contributed by atoms with van der Waals surface area (Å²) >= 11 is 0. The number of hydrogen-bond donors (Lipinski definition) is 3. The maximum Gasteiger partial charge on any atom is 0.420 e. The van der Waals surface area contributed by atoms with Crippen LogP contribution in [0.4, 0.5) is 13.2 Å². The van der Waals surface area contributed by atoms with Crippen molar-refractivity contribution in [2.24, 2.45) is 5.73 Å². The molecule has 0 saturated heterocycles. The number of primary amides is 1. The van der Waals surface area contributed by atoms with Crippen molar-refractivity contribution in [2.75, 3.05) is 0 Å². The molecule has 29 heavy (non-hydrogen) atoms. The number of halogens is 3. The van der Waals surface area contributed by atoms with Gasteiger partial charge in [0.2, 0.25) is 5.91 Å². The molecule has 2 heterocycles. The number of pyridine rings is 1. The first-order chi connectivity index (χ1) is 13.5. The third-order valence-corrected chi connectivity index (χ3v) is 4.16. The van der Waals surface area contributed by atoms with Crippen LogP contribution in [0.15, 0.2) is 36.7 Å². The maximum absolute atomic E-state index is 13.6. The molecule has 2 rings (SSSR count). The summed E-state index contributed by atoms with van der Waals surface area (Å²) in [6, 6.07) is -0.448. The van der Waals surface area contributed by atoms with Gasteiger partial charge < -0.3 is 20.6 Å². The van der Waals surface area contributed by atoms with Crippen molar-refractivity contribution in [3.63, 3.8) is 0 Å². The summed E-state index contributed by atoms with van der Waals surface area (Å²) in [5.41, 5.74) is 4.13. The van der Waals surface area contributed by atoms with Crippen LogP contribution in [-0.4, -0.2) is 38.5 Å². The SMILES string of the molecule is C/C=C\C(=C/C)c1cc(C(F)(F)F)c2nc(C(=O)NC(C(N)=O)C(C)O)cn2c1. The maximum atomic E-state index is 13.6. The van der Waals surface area contributed by atoms with Crippen molar-refractivity contribution in [3.05, 3.63) is 53.5 Å². The number of aliphatic hydroxyl groups excluding tert-OH is 1. The van der Waals surface area contributed by atoms with Gasteiger partial charge in [-0.25, -0.2) is 4.98 Å². The third kappa shape index (κ3) is 4.83. The molecule has 2 aromatic heterocycles. The molecule has 0 spiro atoms. The van der Waals surface area contributed by atoms with Crippen LogP contribution in [0, 0.1) is 0 Å². The Balaban J connectivity index is 2.59. The summed E-state index contributed by atoms with van der Waals surface area (Å²) in [6.07, 6.45) is 1.55. The summed E-state index contributed by atoms with van der Waals surface area (Å²) in [5.74, 6) is -1.92. The monoisotopic (exact) mass is 410 g/mol. The van der Waals surface area contributed by atoms with Crippen molar-refractivity contribution in [1.29, 1.82) is 0 Å². The molecular formula is C19H21F3N4O3. The number of hydrogen-bond acceptors (Lipinski definition) is 4. The zero-order chi connectivity index (χ0) is 21.9. The van der Waals surface area contributed by atoms with Crippen LogP contribution in [-0.2, 0) is 11.0 Å². The van der Waals surface area contributed by atoms with Crippen molar-refractivity contribution < 1.29 is 27.9 Å². The van der Waals surface area contributed by atoms with Gasteiger partial charge >= 0.3 is 6.18 Å². The first-order valence-electron chi connectivity index (χ1n) is 8.67. The Morgan fingerprint density at radius 3 is 2.45 bits per heavy atom. The number of nitrogens with zero attached hydrogens (tertiary/aromatic N) is 2. The van der Waals surface area contributed by atoms with Gasteiger partial charge in [0.05, 0.1) is 11.7 Å². The molecule has 0 aromatic carbocycles. The van der Waals surface area contributed by atoms with Gasteiger partial charge in [-0.2, -0.15) is 13.2 Å². The molecule has 4 N–H and O–H groups in total.